The molecule has 6 rings (SSSR count). The van der Waals surface area contributed by atoms with Gasteiger partial charge in [0.2, 0.25) is 6.10 Å². The summed E-state index contributed by atoms with van der Waals surface area (Å²) in [6.07, 6.45) is -0.0436. The Hall–Kier alpha value is -3.93. The van der Waals surface area contributed by atoms with Crippen LogP contribution in [0.15, 0.2) is 54.3 Å². The number of likely N-dealkylation sites (N-methyl/N-ethyl adjacent to an activating group) is 1. The van der Waals surface area contributed by atoms with Crippen LogP contribution in [-0.2, 0) is 42.2 Å². The van der Waals surface area contributed by atoms with Gasteiger partial charge in [0, 0.05) is 29.2 Å². The first-order chi connectivity index (χ1) is 21.3. The smallest absolute Gasteiger partial charge is 0.481 e. The largest absolute Gasteiger partial charge is 0.509 e. The lowest BCUT2D eigenvalue weighted by atomic mass is 9.50. The third-order valence-electron chi connectivity index (χ3n) is 9.50. The van der Waals surface area contributed by atoms with Crippen molar-refractivity contribution in [3.8, 4) is 5.75 Å². The predicted molar refractivity (Wildman–Crippen MR) is 161 cm³/mol. The van der Waals surface area contributed by atoms with Crippen LogP contribution < -0.4 is 10.1 Å². The van der Waals surface area contributed by atoms with Gasteiger partial charge in [0.15, 0.2) is 6.10 Å². The van der Waals surface area contributed by atoms with Crippen molar-refractivity contribution in [2.75, 3.05) is 13.6 Å². The molecule has 240 valence electrons. The van der Waals surface area contributed by atoms with Crippen LogP contribution in [0.2, 0.25) is 0 Å². The fourth-order valence-corrected chi connectivity index (χ4v) is 7.46. The molecule has 2 heterocycles. The van der Waals surface area contributed by atoms with E-state index < -0.39 is 52.9 Å². The number of nitrogens with zero attached hydrogens (tertiary/aromatic N) is 1. The molecular formula is C34H40N2O9. The molecule has 45 heavy (non-hydrogen) atoms. The Bertz CT molecular complexity index is 1550. The third kappa shape index (κ3) is 5.07. The number of likely N-dealkylation sites (tertiary alicyclic amines) is 1. The van der Waals surface area contributed by atoms with Crippen LogP contribution in [0.25, 0.3) is 0 Å². The average Bonchev–Trinajstić information content (AvgIpc) is 3.34. The minimum absolute atomic E-state index is 0.164. The number of amides is 1. The molecule has 11 heteroatoms. The number of benzene rings is 2. The van der Waals surface area contributed by atoms with Gasteiger partial charge in [0.25, 0.3) is 5.91 Å². The van der Waals surface area contributed by atoms with Crippen LogP contribution in [0.5, 0.6) is 5.75 Å². The van der Waals surface area contributed by atoms with Crippen molar-refractivity contribution in [3.63, 3.8) is 0 Å². The van der Waals surface area contributed by atoms with Crippen molar-refractivity contribution >= 4 is 18.0 Å². The van der Waals surface area contributed by atoms with E-state index in [1.54, 1.807) is 57.2 Å². The predicted octanol–water partition coefficient (Wildman–Crippen LogP) is 3.20. The van der Waals surface area contributed by atoms with Gasteiger partial charge in [-0.05, 0) is 65.8 Å². The van der Waals surface area contributed by atoms with Crippen LogP contribution in [0.1, 0.15) is 68.9 Å². The van der Waals surface area contributed by atoms with Crippen LogP contribution in [-0.4, -0.2) is 76.1 Å². The van der Waals surface area contributed by atoms with E-state index in [4.69, 9.17) is 18.9 Å². The Balaban J connectivity index is 1.23. The molecule has 0 saturated carbocycles. The van der Waals surface area contributed by atoms with E-state index in [0.717, 1.165) is 11.1 Å². The summed E-state index contributed by atoms with van der Waals surface area (Å²) < 4.78 is 23.1. The number of carbonyl (C=O) groups is 3. The monoisotopic (exact) mass is 620 g/mol. The van der Waals surface area contributed by atoms with Crippen molar-refractivity contribution in [2.45, 2.75) is 94.5 Å². The number of ether oxygens (including phenoxy) is 4. The fraction of sp³-hybridized carbons (Fsp3) is 0.500. The van der Waals surface area contributed by atoms with Gasteiger partial charge >= 0.3 is 12.1 Å². The van der Waals surface area contributed by atoms with Crippen molar-refractivity contribution in [2.24, 2.45) is 0 Å². The van der Waals surface area contributed by atoms with Crippen molar-refractivity contribution in [1.29, 1.82) is 0 Å². The summed E-state index contributed by atoms with van der Waals surface area (Å²) in [5.41, 5.74) is 0.0774. The van der Waals surface area contributed by atoms with E-state index in [-0.39, 0.29) is 24.8 Å². The highest BCUT2D eigenvalue weighted by Gasteiger charge is 2.72. The fourth-order valence-electron chi connectivity index (χ4n) is 7.46. The summed E-state index contributed by atoms with van der Waals surface area (Å²) >= 11 is 0. The zero-order valence-corrected chi connectivity index (χ0v) is 26.2. The number of piperidine rings is 1. The number of aliphatic hydroxyl groups is 2. The zero-order valence-electron chi connectivity index (χ0n) is 26.2. The molecular weight excluding hydrogens is 580 g/mol. The van der Waals surface area contributed by atoms with Crippen molar-refractivity contribution in [3.05, 3.63) is 76.6 Å². The summed E-state index contributed by atoms with van der Waals surface area (Å²) in [5.74, 6) is -0.680. The second-order valence-corrected chi connectivity index (χ2v) is 13.4. The molecule has 2 aromatic rings. The second kappa shape index (κ2) is 11.1. The van der Waals surface area contributed by atoms with E-state index >= 15 is 0 Å². The van der Waals surface area contributed by atoms with Gasteiger partial charge in [-0.25, -0.2) is 9.59 Å². The third-order valence-corrected chi connectivity index (χ3v) is 9.50. The van der Waals surface area contributed by atoms with Crippen LogP contribution in [0, 0.1) is 0 Å². The molecule has 11 nitrogen and oxygen atoms in total. The van der Waals surface area contributed by atoms with Gasteiger partial charge in [0.1, 0.15) is 23.2 Å². The van der Waals surface area contributed by atoms with Gasteiger partial charge in [-0.2, -0.15) is 0 Å². The van der Waals surface area contributed by atoms with Gasteiger partial charge in [0.05, 0.1) is 17.6 Å². The summed E-state index contributed by atoms with van der Waals surface area (Å²) in [7, 11) is 2.01. The van der Waals surface area contributed by atoms with Crippen LogP contribution in [0.3, 0.4) is 0 Å². The lowest BCUT2D eigenvalue weighted by Gasteiger charge is -2.61. The SMILES string of the molecule is C[C@H](NC(=O)C(OC(=O)OC(C)(C)C)c1ccccc1)C(=O)OC1=CC[C@@]2(O)[C@H]3Cc4ccc(CO)c5c4[C@@]2(CCN3C)[C@H]1O5. The Labute approximate surface area is 262 Å². The van der Waals surface area contributed by atoms with Gasteiger partial charge in [-0.15, -0.1) is 0 Å². The Morgan fingerprint density at radius 3 is 2.58 bits per heavy atom. The zero-order chi connectivity index (χ0) is 32.3. The molecule has 2 aromatic carbocycles. The Morgan fingerprint density at radius 1 is 1.16 bits per heavy atom. The van der Waals surface area contributed by atoms with E-state index in [1.165, 1.54) is 6.92 Å². The Morgan fingerprint density at radius 2 is 1.89 bits per heavy atom. The van der Waals surface area contributed by atoms with Gasteiger partial charge in [-0.1, -0.05) is 42.5 Å². The first-order valence-electron chi connectivity index (χ1n) is 15.3. The topological polar surface area (TPSA) is 144 Å². The lowest BCUT2D eigenvalue weighted by molar-refractivity contribution is -0.170. The van der Waals surface area contributed by atoms with Crippen molar-refractivity contribution in [1.82, 2.24) is 10.2 Å². The highest BCUT2D eigenvalue weighted by Crippen LogP contribution is 2.64. The minimum Gasteiger partial charge on any atom is -0.481 e. The van der Waals surface area contributed by atoms with Crippen molar-refractivity contribution < 1.29 is 43.5 Å². The lowest BCUT2D eigenvalue weighted by Crippen LogP contribution is -2.74. The van der Waals surface area contributed by atoms with Gasteiger partial charge < -0.3 is 39.4 Å². The molecule has 0 radical (unpaired) electrons. The number of esters is 1. The molecule has 6 atom stereocenters. The van der Waals surface area contributed by atoms with Gasteiger partial charge in [-0.3, -0.25) is 4.79 Å². The molecule has 1 fully saturated rings. The quantitative estimate of drug-likeness (QED) is 0.395. The number of hydrogen-bond donors (Lipinski definition) is 3. The maximum absolute atomic E-state index is 13.5. The van der Waals surface area contributed by atoms with E-state index in [0.29, 0.717) is 36.3 Å². The maximum atomic E-state index is 13.5. The number of carbonyl (C=O) groups excluding carboxylic acids is 3. The molecule has 2 bridgehead atoms. The molecule has 1 saturated heterocycles. The number of aliphatic hydroxyl groups excluding tert-OH is 1. The number of hydrogen-bond acceptors (Lipinski definition) is 10. The summed E-state index contributed by atoms with van der Waals surface area (Å²) in [4.78, 5) is 41.6. The average molecular weight is 621 g/mol. The van der Waals surface area contributed by atoms with E-state index in [2.05, 4.69) is 10.2 Å². The number of nitrogens with one attached hydrogen (secondary N) is 1. The summed E-state index contributed by atoms with van der Waals surface area (Å²) in [5, 5.41) is 25.1. The summed E-state index contributed by atoms with van der Waals surface area (Å²) in [6.45, 7) is 7.00. The molecule has 1 unspecified atom stereocenters. The first kappa shape index (κ1) is 31.1. The normalized spacial score (nSPS) is 27.7. The Kier molecular flexibility index (Phi) is 7.70. The summed E-state index contributed by atoms with van der Waals surface area (Å²) in [6, 6.07) is 11.0. The minimum atomic E-state index is -1.37. The highest BCUT2D eigenvalue weighted by atomic mass is 16.7. The van der Waals surface area contributed by atoms with Crippen LogP contribution in [0.4, 0.5) is 4.79 Å². The van der Waals surface area contributed by atoms with E-state index in [9.17, 15) is 24.6 Å². The molecule has 1 amide bonds. The molecule has 1 spiro atoms. The molecule has 0 aromatic heterocycles. The molecule has 4 aliphatic rings. The highest BCUT2D eigenvalue weighted by molar-refractivity contribution is 5.89. The second-order valence-electron chi connectivity index (χ2n) is 13.4. The number of rotatable bonds is 7. The molecule has 2 aliphatic heterocycles. The maximum Gasteiger partial charge on any atom is 0.509 e. The first-order valence-corrected chi connectivity index (χ1v) is 15.3. The molecule has 3 N–H and O–H groups in total. The van der Waals surface area contributed by atoms with E-state index in [1.807, 2.05) is 19.2 Å². The standard InChI is InChI=1S/C34H40N2O9/c1-19(35-29(38)27(20-9-7-6-8-10-20)44-31(40)45-32(2,3)4)30(39)42-23-13-14-34(41)24-17-21-11-12-22(18-37)26-25(21)33(34,28(23)43-26)15-16-36(24)5/h6-13,19,24,27-28,37,41H,14-18H2,1-5H3,(H,35,38)/t19-,24+,27?,28-,33-,34+/m0/s1. The van der Waals surface area contributed by atoms with Crippen LogP contribution >= 0.6 is 0 Å². The molecule has 2 aliphatic carbocycles.